The predicted octanol–water partition coefficient (Wildman–Crippen LogP) is 2.56. The molecule has 3 aromatic rings. The Morgan fingerprint density at radius 3 is 2.73 bits per heavy atom. The smallest absolute Gasteiger partial charge is 0.275 e. The molecule has 3 heterocycles. The Kier molecular flexibility index (Phi) is 4.48. The van der Waals surface area contributed by atoms with Crippen LogP contribution in [0.25, 0.3) is 10.8 Å². The van der Waals surface area contributed by atoms with Crippen molar-refractivity contribution in [3.8, 4) is 0 Å². The van der Waals surface area contributed by atoms with Gasteiger partial charge in [-0.2, -0.15) is 5.10 Å². The largest absolute Gasteiger partial charge is 0.334 e. The maximum atomic E-state index is 13.1. The monoisotopic (exact) mass is 348 g/mol. The van der Waals surface area contributed by atoms with E-state index in [0.717, 1.165) is 32.2 Å². The molecule has 0 spiro atoms. The first kappa shape index (κ1) is 16.4. The Morgan fingerprint density at radius 2 is 1.92 bits per heavy atom. The predicted molar refractivity (Wildman–Crippen MR) is 99.0 cm³/mol. The number of likely N-dealkylation sites (tertiary alicyclic amines) is 1. The molecule has 0 saturated carbocycles. The van der Waals surface area contributed by atoms with Crippen molar-refractivity contribution in [2.24, 2.45) is 0 Å². The number of hydrogen-bond donors (Lipinski definition) is 1. The Bertz CT molecular complexity index is 984. The molecule has 26 heavy (non-hydrogen) atoms. The minimum absolute atomic E-state index is 0.102. The highest BCUT2D eigenvalue weighted by molar-refractivity contribution is 6.04. The van der Waals surface area contributed by atoms with Crippen LogP contribution in [0.2, 0.25) is 0 Å². The van der Waals surface area contributed by atoms with Gasteiger partial charge in [-0.25, -0.2) is 5.10 Å². The van der Waals surface area contributed by atoms with Crippen LogP contribution in [0, 0.1) is 0 Å². The molecule has 132 valence electrons. The highest BCUT2D eigenvalue weighted by Gasteiger charge is 2.31. The van der Waals surface area contributed by atoms with Crippen molar-refractivity contribution in [3.63, 3.8) is 0 Å². The third kappa shape index (κ3) is 3.10. The van der Waals surface area contributed by atoms with Crippen molar-refractivity contribution in [1.29, 1.82) is 0 Å². The average molecular weight is 348 g/mol. The van der Waals surface area contributed by atoms with Gasteiger partial charge in [-0.1, -0.05) is 18.2 Å². The van der Waals surface area contributed by atoms with Gasteiger partial charge in [-0.3, -0.25) is 14.6 Å². The van der Waals surface area contributed by atoms with Crippen molar-refractivity contribution >= 4 is 16.7 Å². The van der Waals surface area contributed by atoms with E-state index in [4.69, 9.17) is 0 Å². The molecule has 1 fully saturated rings. The van der Waals surface area contributed by atoms with Crippen LogP contribution in [0.3, 0.4) is 0 Å². The van der Waals surface area contributed by atoms with Gasteiger partial charge in [0.1, 0.15) is 0 Å². The van der Waals surface area contributed by atoms with Gasteiger partial charge >= 0.3 is 0 Å². The quantitative estimate of drug-likeness (QED) is 0.786. The minimum Gasteiger partial charge on any atom is -0.334 e. The van der Waals surface area contributed by atoms with E-state index in [-0.39, 0.29) is 17.5 Å². The van der Waals surface area contributed by atoms with Gasteiger partial charge in [0.15, 0.2) is 5.69 Å². The summed E-state index contributed by atoms with van der Waals surface area (Å²) in [6.07, 6.45) is 7.41. The Morgan fingerprint density at radius 1 is 1.15 bits per heavy atom. The lowest BCUT2D eigenvalue weighted by atomic mass is 10.0. The van der Waals surface area contributed by atoms with Crippen molar-refractivity contribution in [2.75, 3.05) is 6.54 Å². The number of pyridine rings is 1. The molecule has 4 rings (SSSR count). The summed E-state index contributed by atoms with van der Waals surface area (Å²) in [5.41, 5.74) is 1.29. The van der Waals surface area contributed by atoms with Crippen molar-refractivity contribution in [1.82, 2.24) is 20.1 Å². The van der Waals surface area contributed by atoms with E-state index in [2.05, 4.69) is 15.2 Å². The number of rotatable bonds is 4. The zero-order valence-electron chi connectivity index (χ0n) is 14.4. The maximum absolute atomic E-state index is 13.1. The summed E-state index contributed by atoms with van der Waals surface area (Å²) in [4.78, 5) is 31.0. The first-order valence-electron chi connectivity index (χ1n) is 8.91. The van der Waals surface area contributed by atoms with Gasteiger partial charge in [0.05, 0.1) is 5.39 Å². The second-order valence-electron chi connectivity index (χ2n) is 6.64. The van der Waals surface area contributed by atoms with Gasteiger partial charge in [-0.05, 0) is 49.4 Å². The van der Waals surface area contributed by atoms with E-state index in [1.54, 1.807) is 30.6 Å². The molecule has 1 amide bonds. The molecule has 1 N–H and O–H groups in total. The molecule has 1 aliphatic heterocycles. The second kappa shape index (κ2) is 7.07. The van der Waals surface area contributed by atoms with Crippen LogP contribution in [0.1, 0.15) is 35.3 Å². The number of carbonyl (C=O) groups is 1. The molecular weight excluding hydrogens is 328 g/mol. The van der Waals surface area contributed by atoms with Crippen molar-refractivity contribution < 1.29 is 4.79 Å². The molecule has 6 heteroatoms. The minimum atomic E-state index is -0.271. The normalized spacial score (nSPS) is 16.9. The molecule has 1 atom stereocenters. The number of aromatic amines is 1. The third-order valence-electron chi connectivity index (χ3n) is 5.05. The standard InChI is InChI=1S/C20H20N4O2/c25-19-17-6-2-1-5-16(17)18(22-23-19)20(26)24-13-3-4-15(24)8-7-14-9-11-21-12-10-14/h1-2,5-6,9-12,15H,3-4,7-8,13H2,(H,23,25)/t15-/m0/s1. The number of benzene rings is 1. The van der Waals surface area contributed by atoms with Crippen LogP contribution in [0.15, 0.2) is 53.6 Å². The van der Waals surface area contributed by atoms with Gasteiger partial charge in [0.2, 0.25) is 0 Å². The number of amides is 1. The highest BCUT2D eigenvalue weighted by atomic mass is 16.2. The summed E-state index contributed by atoms with van der Waals surface area (Å²) < 4.78 is 0. The van der Waals surface area contributed by atoms with E-state index in [9.17, 15) is 9.59 Å². The molecule has 6 nitrogen and oxygen atoms in total. The molecule has 0 unspecified atom stereocenters. The number of carbonyl (C=O) groups excluding carboxylic acids is 1. The fraction of sp³-hybridized carbons (Fsp3) is 0.300. The zero-order chi connectivity index (χ0) is 17.9. The van der Waals surface area contributed by atoms with Crippen LogP contribution in [0.5, 0.6) is 0 Å². The Hall–Kier alpha value is -3.02. The van der Waals surface area contributed by atoms with Crippen molar-refractivity contribution in [3.05, 3.63) is 70.4 Å². The first-order valence-corrected chi connectivity index (χ1v) is 8.91. The van der Waals surface area contributed by atoms with E-state index in [1.165, 1.54) is 5.56 Å². The van der Waals surface area contributed by atoms with Crippen LogP contribution < -0.4 is 5.56 Å². The van der Waals surface area contributed by atoms with E-state index in [0.29, 0.717) is 16.5 Å². The fourth-order valence-corrected chi connectivity index (χ4v) is 3.70. The summed E-state index contributed by atoms with van der Waals surface area (Å²) in [6, 6.07) is 11.3. The molecule has 1 aliphatic rings. The van der Waals surface area contributed by atoms with E-state index >= 15 is 0 Å². The molecule has 0 radical (unpaired) electrons. The first-order chi connectivity index (χ1) is 12.7. The maximum Gasteiger partial charge on any atom is 0.275 e. The number of aromatic nitrogens is 3. The molecule has 2 aromatic heterocycles. The molecule has 0 aliphatic carbocycles. The number of nitrogens with zero attached hydrogens (tertiary/aromatic N) is 3. The molecule has 1 saturated heterocycles. The van der Waals surface area contributed by atoms with E-state index in [1.807, 2.05) is 23.1 Å². The van der Waals surface area contributed by atoms with E-state index < -0.39 is 0 Å². The summed E-state index contributed by atoms with van der Waals surface area (Å²) in [7, 11) is 0. The summed E-state index contributed by atoms with van der Waals surface area (Å²) in [5, 5.41) is 7.64. The number of hydrogen-bond acceptors (Lipinski definition) is 4. The van der Waals surface area contributed by atoms with Gasteiger partial charge in [0.25, 0.3) is 11.5 Å². The van der Waals surface area contributed by atoms with Crippen LogP contribution in [-0.4, -0.2) is 38.6 Å². The molecule has 1 aromatic carbocycles. The fourth-order valence-electron chi connectivity index (χ4n) is 3.70. The number of fused-ring (bicyclic) bond motifs is 1. The third-order valence-corrected chi connectivity index (χ3v) is 5.05. The number of nitrogens with one attached hydrogen (secondary N) is 1. The topological polar surface area (TPSA) is 79.0 Å². The number of aryl methyl sites for hydroxylation is 1. The second-order valence-corrected chi connectivity index (χ2v) is 6.64. The Balaban J connectivity index is 1.57. The van der Waals surface area contributed by atoms with Crippen LogP contribution >= 0.6 is 0 Å². The van der Waals surface area contributed by atoms with Crippen LogP contribution in [0.4, 0.5) is 0 Å². The summed E-state index contributed by atoms with van der Waals surface area (Å²) in [5.74, 6) is -0.102. The summed E-state index contributed by atoms with van der Waals surface area (Å²) >= 11 is 0. The lowest BCUT2D eigenvalue weighted by Gasteiger charge is -2.24. The molecule has 0 bridgehead atoms. The average Bonchev–Trinajstić information content (AvgIpc) is 3.16. The Labute approximate surface area is 150 Å². The number of H-pyrrole nitrogens is 1. The lowest BCUT2D eigenvalue weighted by Crippen LogP contribution is -2.37. The van der Waals surface area contributed by atoms with Gasteiger partial charge in [0, 0.05) is 30.4 Å². The lowest BCUT2D eigenvalue weighted by molar-refractivity contribution is 0.0725. The van der Waals surface area contributed by atoms with Gasteiger partial charge in [-0.15, -0.1) is 0 Å². The van der Waals surface area contributed by atoms with Crippen molar-refractivity contribution in [2.45, 2.75) is 31.7 Å². The van der Waals surface area contributed by atoms with Crippen LogP contribution in [-0.2, 0) is 6.42 Å². The SMILES string of the molecule is O=C(c1n[nH]c(=O)c2ccccc12)N1CCC[C@H]1CCc1ccncc1. The van der Waals surface area contributed by atoms with Gasteiger partial charge < -0.3 is 4.90 Å². The summed E-state index contributed by atoms with van der Waals surface area (Å²) in [6.45, 7) is 0.731. The highest BCUT2D eigenvalue weighted by Crippen LogP contribution is 2.25. The zero-order valence-corrected chi connectivity index (χ0v) is 14.4. The molecular formula is C20H20N4O2.